The minimum atomic E-state index is 1.23. The van der Waals surface area contributed by atoms with Gasteiger partial charge < -0.3 is 0 Å². The van der Waals surface area contributed by atoms with Gasteiger partial charge in [-0.2, -0.15) is 0 Å². The van der Waals surface area contributed by atoms with Gasteiger partial charge >= 0.3 is 0 Å². The number of aryl methyl sites for hydroxylation is 1. The fraction of sp³-hybridized carbons (Fsp3) is 0.556. The van der Waals surface area contributed by atoms with E-state index in [1.54, 1.807) is 0 Å². The van der Waals surface area contributed by atoms with E-state index >= 15 is 0 Å². The van der Waals surface area contributed by atoms with Gasteiger partial charge in [-0.05, 0) is 48.4 Å². The van der Waals surface area contributed by atoms with E-state index in [1.807, 2.05) is 0 Å². The molecular weight excluding hydrogens is 324 g/mol. The second-order valence-electron chi connectivity index (χ2n) is 8.02. The molecular formula is C27H40. The van der Waals surface area contributed by atoms with Crippen LogP contribution in [0.3, 0.4) is 0 Å². The highest BCUT2D eigenvalue weighted by molar-refractivity contribution is 5.82. The zero-order valence-electron chi connectivity index (χ0n) is 17.6. The number of hydrogen-bond acceptors (Lipinski definition) is 0. The van der Waals surface area contributed by atoms with E-state index in [0.717, 1.165) is 0 Å². The average molecular weight is 365 g/mol. The lowest BCUT2D eigenvalue weighted by atomic mass is 10.0. The summed E-state index contributed by atoms with van der Waals surface area (Å²) in [5, 5.41) is 2.74. The molecule has 0 atom stereocenters. The molecule has 0 aliphatic heterocycles. The molecule has 0 radical (unpaired) electrons. The second kappa shape index (κ2) is 14.5. The predicted octanol–water partition coefficient (Wildman–Crippen LogP) is 9.03. The molecule has 0 spiro atoms. The monoisotopic (exact) mass is 364 g/mol. The molecule has 148 valence electrons. The summed E-state index contributed by atoms with van der Waals surface area (Å²) in [7, 11) is 0. The van der Waals surface area contributed by atoms with Crippen LogP contribution in [0, 0.1) is 0 Å². The van der Waals surface area contributed by atoms with E-state index in [9.17, 15) is 0 Å². The molecule has 0 aliphatic carbocycles. The zero-order valence-corrected chi connectivity index (χ0v) is 17.6. The first-order valence-corrected chi connectivity index (χ1v) is 11.5. The Labute approximate surface area is 168 Å². The van der Waals surface area contributed by atoms with Crippen LogP contribution in [0.25, 0.3) is 10.8 Å². The molecule has 0 saturated heterocycles. The Kier molecular flexibility index (Phi) is 11.7. The van der Waals surface area contributed by atoms with Gasteiger partial charge in [0, 0.05) is 0 Å². The maximum atomic E-state index is 2.39. The van der Waals surface area contributed by atoms with Crippen LogP contribution in [0.4, 0.5) is 0 Å². The normalized spacial score (nSPS) is 11.6. The van der Waals surface area contributed by atoms with Gasteiger partial charge in [-0.3, -0.25) is 0 Å². The van der Waals surface area contributed by atoms with Crippen molar-refractivity contribution in [1.29, 1.82) is 0 Å². The van der Waals surface area contributed by atoms with Gasteiger partial charge in [0.1, 0.15) is 0 Å². The quantitative estimate of drug-likeness (QED) is 0.218. The molecule has 2 aromatic rings. The van der Waals surface area contributed by atoms with Crippen LogP contribution in [0.5, 0.6) is 0 Å². The molecule has 27 heavy (non-hydrogen) atoms. The van der Waals surface area contributed by atoms with E-state index in [-0.39, 0.29) is 0 Å². The molecule has 0 heterocycles. The lowest BCUT2D eigenvalue weighted by Crippen LogP contribution is -1.87. The van der Waals surface area contributed by atoms with Crippen LogP contribution in [0.1, 0.15) is 96.0 Å². The average Bonchev–Trinajstić information content (AvgIpc) is 2.71. The van der Waals surface area contributed by atoms with E-state index in [2.05, 4.69) is 61.5 Å². The molecule has 0 bridgehead atoms. The molecule has 0 amide bonds. The number of unbranched alkanes of at least 4 members (excludes halogenated alkanes) is 11. The molecule has 0 aliphatic rings. The highest BCUT2D eigenvalue weighted by Crippen LogP contribution is 2.18. The number of fused-ring (bicyclic) bond motifs is 1. The number of benzene rings is 2. The van der Waals surface area contributed by atoms with Crippen molar-refractivity contribution in [2.24, 2.45) is 0 Å². The third kappa shape index (κ3) is 9.80. The summed E-state index contributed by atoms with van der Waals surface area (Å²) >= 11 is 0. The molecule has 0 N–H and O–H groups in total. The number of rotatable bonds is 15. The van der Waals surface area contributed by atoms with Gasteiger partial charge in [-0.25, -0.2) is 0 Å². The molecule has 0 saturated carbocycles. The molecule has 2 rings (SSSR count). The Hall–Kier alpha value is -1.56. The highest BCUT2D eigenvalue weighted by Gasteiger charge is 1.97. The van der Waals surface area contributed by atoms with Gasteiger partial charge in [0.05, 0.1) is 0 Å². The largest absolute Gasteiger partial charge is 0.0885 e. The fourth-order valence-corrected chi connectivity index (χ4v) is 3.78. The minimum Gasteiger partial charge on any atom is -0.0885 e. The van der Waals surface area contributed by atoms with E-state index < -0.39 is 0 Å². The topological polar surface area (TPSA) is 0 Å². The standard InChI is InChI=1S/C27H40/c1-2-3-4-5-6-7-8-9-10-11-12-13-14-15-16-19-25-22-23-26-20-17-18-21-27(26)24-25/h5-6,17-18,20-24H,2-4,7-16,19H2,1H3/b6-5+. The maximum Gasteiger partial charge on any atom is -0.0181 e. The molecule has 0 aromatic heterocycles. The summed E-state index contributed by atoms with van der Waals surface area (Å²) in [6.07, 6.45) is 23.9. The van der Waals surface area contributed by atoms with Crippen molar-refractivity contribution in [3.05, 3.63) is 60.2 Å². The summed E-state index contributed by atoms with van der Waals surface area (Å²) in [6, 6.07) is 15.6. The van der Waals surface area contributed by atoms with Crippen molar-refractivity contribution in [3.63, 3.8) is 0 Å². The molecule has 0 unspecified atom stereocenters. The van der Waals surface area contributed by atoms with Crippen LogP contribution in [0.15, 0.2) is 54.6 Å². The zero-order chi connectivity index (χ0) is 19.0. The Morgan fingerprint density at radius 2 is 1.19 bits per heavy atom. The molecule has 2 aromatic carbocycles. The molecule has 0 heteroatoms. The first-order chi connectivity index (χ1) is 13.4. The van der Waals surface area contributed by atoms with Gasteiger partial charge in [0.2, 0.25) is 0 Å². The summed E-state index contributed by atoms with van der Waals surface area (Å²) in [5.74, 6) is 0. The fourth-order valence-electron chi connectivity index (χ4n) is 3.78. The van der Waals surface area contributed by atoms with E-state index in [1.165, 1.54) is 106 Å². The minimum absolute atomic E-state index is 1.23. The van der Waals surface area contributed by atoms with Crippen LogP contribution in [-0.4, -0.2) is 0 Å². The van der Waals surface area contributed by atoms with Crippen molar-refractivity contribution in [2.45, 2.75) is 96.8 Å². The summed E-state index contributed by atoms with van der Waals surface area (Å²) in [4.78, 5) is 0. The van der Waals surface area contributed by atoms with Crippen LogP contribution in [-0.2, 0) is 6.42 Å². The van der Waals surface area contributed by atoms with Crippen molar-refractivity contribution in [2.75, 3.05) is 0 Å². The van der Waals surface area contributed by atoms with Crippen LogP contribution >= 0.6 is 0 Å². The third-order valence-corrected chi connectivity index (χ3v) is 5.54. The van der Waals surface area contributed by atoms with Crippen LogP contribution in [0.2, 0.25) is 0 Å². The van der Waals surface area contributed by atoms with Crippen molar-refractivity contribution < 1.29 is 0 Å². The van der Waals surface area contributed by atoms with Gasteiger partial charge in [-0.15, -0.1) is 0 Å². The highest BCUT2D eigenvalue weighted by atomic mass is 14.0. The van der Waals surface area contributed by atoms with Gasteiger partial charge in [-0.1, -0.05) is 119 Å². The van der Waals surface area contributed by atoms with Crippen molar-refractivity contribution in [3.8, 4) is 0 Å². The van der Waals surface area contributed by atoms with E-state index in [0.29, 0.717) is 0 Å². The van der Waals surface area contributed by atoms with E-state index in [4.69, 9.17) is 0 Å². The van der Waals surface area contributed by atoms with Crippen LogP contribution < -0.4 is 0 Å². The van der Waals surface area contributed by atoms with Gasteiger partial charge in [0.15, 0.2) is 0 Å². The lowest BCUT2D eigenvalue weighted by molar-refractivity contribution is 0.560. The Morgan fingerprint density at radius 3 is 1.89 bits per heavy atom. The van der Waals surface area contributed by atoms with Crippen molar-refractivity contribution in [1.82, 2.24) is 0 Å². The Morgan fingerprint density at radius 1 is 0.593 bits per heavy atom. The SMILES string of the molecule is CCCC/C=C/CCCCCCCCCCCc1ccc2ccccc2c1. The molecule has 0 fully saturated rings. The Balaban J connectivity index is 1.40. The first kappa shape index (κ1) is 21.7. The third-order valence-electron chi connectivity index (χ3n) is 5.54. The second-order valence-corrected chi connectivity index (χ2v) is 8.02. The summed E-state index contributed by atoms with van der Waals surface area (Å²) in [5.41, 5.74) is 1.50. The first-order valence-electron chi connectivity index (χ1n) is 11.5. The predicted molar refractivity (Wildman–Crippen MR) is 122 cm³/mol. The summed E-state index contributed by atoms with van der Waals surface area (Å²) in [6.45, 7) is 2.26. The Bertz CT molecular complexity index is 637. The smallest absolute Gasteiger partial charge is 0.0181 e. The lowest BCUT2D eigenvalue weighted by Gasteiger charge is -2.05. The number of hydrogen-bond donors (Lipinski definition) is 0. The number of allylic oxidation sites excluding steroid dienone is 2. The summed E-state index contributed by atoms with van der Waals surface area (Å²) < 4.78 is 0. The maximum absolute atomic E-state index is 2.39. The molecule has 0 nitrogen and oxygen atoms in total. The van der Waals surface area contributed by atoms with Gasteiger partial charge in [0.25, 0.3) is 0 Å². The van der Waals surface area contributed by atoms with Crippen molar-refractivity contribution >= 4 is 10.8 Å².